The van der Waals surface area contributed by atoms with Crippen molar-refractivity contribution in [3.8, 4) is 0 Å². The van der Waals surface area contributed by atoms with Crippen molar-refractivity contribution >= 4 is 11.7 Å². The third-order valence-electron chi connectivity index (χ3n) is 2.15. The number of anilines is 1. The van der Waals surface area contributed by atoms with Gasteiger partial charge in [-0.05, 0) is 26.3 Å². The molecular weight excluding hydrogens is 208 g/mol. The Morgan fingerprint density at radius 1 is 1.62 bits per heavy atom. The van der Waals surface area contributed by atoms with Gasteiger partial charge in [0.05, 0.1) is 11.8 Å². The summed E-state index contributed by atoms with van der Waals surface area (Å²) in [6, 6.07) is 1.69. The lowest BCUT2D eigenvalue weighted by Gasteiger charge is -2.10. The molecule has 5 nitrogen and oxygen atoms in total. The van der Waals surface area contributed by atoms with Crippen LogP contribution in [0.1, 0.15) is 29.4 Å². The highest BCUT2D eigenvalue weighted by Gasteiger charge is 2.10. The van der Waals surface area contributed by atoms with E-state index in [0.29, 0.717) is 18.7 Å². The number of hydrogen-bond donors (Lipinski definition) is 3. The van der Waals surface area contributed by atoms with E-state index in [0.717, 1.165) is 5.69 Å². The van der Waals surface area contributed by atoms with Crippen molar-refractivity contribution in [3.63, 3.8) is 0 Å². The second kappa shape index (κ2) is 5.46. The molecule has 1 aromatic heterocycles. The average molecular weight is 224 g/mol. The molecule has 0 spiro atoms. The van der Waals surface area contributed by atoms with Gasteiger partial charge in [-0.3, -0.25) is 4.98 Å². The second-order valence-electron chi connectivity index (χ2n) is 3.74. The summed E-state index contributed by atoms with van der Waals surface area (Å²) < 4.78 is 0. The van der Waals surface area contributed by atoms with E-state index >= 15 is 0 Å². The Morgan fingerprint density at radius 2 is 2.31 bits per heavy atom. The molecule has 0 aliphatic heterocycles. The van der Waals surface area contributed by atoms with Crippen molar-refractivity contribution in [1.82, 2.24) is 4.98 Å². The van der Waals surface area contributed by atoms with Crippen LogP contribution in [0, 0.1) is 6.92 Å². The van der Waals surface area contributed by atoms with Crippen molar-refractivity contribution in [3.05, 3.63) is 23.5 Å². The molecule has 0 aliphatic carbocycles. The Balaban J connectivity index is 2.76. The Morgan fingerprint density at radius 3 is 2.88 bits per heavy atom. The van der Waals surface area contributed by atoms with Crippen molar-refractivity contribution in [2.75, 3.05) is 11.9 Å². The Kier molecular flexibility index (Phi) is 4.25. The first-order valence-electron chi connectivity index (χ1n) is 5.12. The average Bonchev–Trinajstić information content (AvgIpc) is 2.16. The normalized spacial score (nSPS) is 12.2. The van der Waals surface area contributed by atoms with Gasteiger partial charge in [0.25, 0.3) is 0 Å². The minimum Gasteiger partial charge on any atom is -0.478 e. The Bertz CT molecular complexity index is 377. The van der Waals surface area contributed by atoms with E-state index in [4.69, 9.17) is 10.2 Å². The first-order chi connectivity index (χ1) is 7.50. The summed E-state index contributed by atoms with van der Waals surface area (Å²) in [6.07, 6.45) is 1.51. The summed E-state index contributed by atoms with van der Waals surface area (Å²) in [4.78, 5) is 14.8. The zero-order valence-electron chi connectivity index (χ0n) is 9.40. The number of aliphatic hydroxyl groups is 1. The predicted molar refractivity (Wildman–Crippen MR) is 60.7 cm³/mol. The molecule has 0 radical (unpaired) electrons. The van der Waals surface area contributed by atoms with Crippen LogP contribution in [-0.2, 0) is 0 Å². The van der Waals surface area contributed by atoms with Crippen molar-refractivity contribution in [1.29, 1.82) is 0 Å². The van der Waals surface area contributed by atoms with Gasteiger partial charge in [0.1, 0.15) is 5.56 Å². The fraction of sp³-hybridized carbons (Fsp3) is 0.455. The zero-order chi connectivity index (χ0) is 12.1. The van der Waals surface area contributed by atoms with Gasteiger partial charge in [-0.15, -0.1) is 0 Å². The van der Waals surface area contributed by atoms with Crippen LogP contribution in [0.15, 0.2) is 12.3 Å². The van der Waals surface area contributed by atoms with E-state index in [-0.39, 0.29) is 5.56 Å². The number of aromatic nitrogens is 1. The van der Waals surface area contributed by atoms with Crippen LogP contribution in [0.5, 0.6) is 0 Å². The molecule has 1 aromatic rings. The minimum absolute atomic E-state index is 0.149. The molecule has 0 aliphatic rings. The van der Waals surface area contributed by atoms with Crippen LogP contribution in [-0.4, -0.2) is 33.8 Å². The van der Waals surface area contributed by atoms with Crippen LogP contribution in [0.4, 0.5) is 5.69 Å². The van der Waals surface area contributed by atoms with Crippen LogP contribution < -0.4 is 5.32 Å². The SMILES string of the molecule is Cc1cc(NCCC(C)O)c(C(=O)O)cn1. The summed E-state index contributed by atoms with van der Waals surface area (Å²) in [5, 5.41) is 21.0. The molecule has 16 heavy (non-hydrogen) atoms. The second-order valence-corrected chi connectivity index (χ2v) is 3.74. The van der Waals surface area contributed by atoms with E-state index in [1.54, 1.807) is 19.9 Å². The van der Waals surface area contributed by atoms with Gasteiger partial charge >= 0.3 is 5.97 Å². The molecule has 0 aromatic carbocycles. The lowest BCUT2D eigenvalue weighted by Crippen LogP contribution is -2.12. The number of rotatable bonds is 5. The molecule has 1 unspecified atom stereocenters. The standard InChI is InChI=1S/C11H16N2O3/c1-7-5-10(12-4-3-8(2)14)9(6-13-7)11(15)16/h5-6,8,14H,3-4H2,1-2H3,(H,12,13)(H,15,16). The topological polar surface area (TPSA) is 82.5 Å². The van der Waals surface area contributed by atoms with Crippen molar-refractivity contribution in [2.45, 2.75) is 26.4 Å². The molecule has 1 rings (SSSR count). The van der Waals surface area contributed by atoms with Crippen molar-refractivity contribution in [2.24, 2.45) is 0 Å². The zero-order valence-corrected chi connectivity index (χ0v) is 9.40. The van der Waals surface area contributed by atoms with E-state index in [9.17, 15) is 4.79 Å². The molecule has 0 fully saturated rings. The highest BCUT2D eigenvalue weighted by molar-refractivity contribution is 5.93. The van der Waals surface area contributed by atoms with Gasteiger partial charge in [0.15, 0.2) is 0 Å². The number of carboxylic acid groups (broad SMARTS) is 1. The Hall–Kier alpha value is -1.62. The molecule has 3 N–H and O–H groups in total. The molecule has 1 heterocycles. The van der Waals surface area contributed by atoms with E-state index < -0.39 is 12.1 Å². The number of hydrogen-bond acceptors (Lipinski definition) is 4. The summed E-state index contributed by atoms with van der Waals surface area (Å²) in [6.45, 7) is 4.02. The third-order valence-corrected chi connectivity index (χ3v) is 2.15. The molecule has 1 atom stereocenters. The molecule has 0 saturated heterocycles. The molecular formula is C11H16N2O3. The third kappa shape index (κ3) is 3.51. The van der Waals surface area contributed by atoms with Crippen LogP contribution in [0.25, 0.3) is 0 Å². The summed E-state index contributed by atoms with van der Waals surface area (Å²) >= 11 is 0. The van der Waals surface area contributed by atoms with Gasteiger partial charge < -0.3 is 15.5 Å². The molecule has 0 saturated carbocycles. The highest BCUT2D eigenvalue weighted by Crippen LogP contribution is 2.15. The number of aryl methyl sites for hydroxylation is 1. The number of carboxylic acids is 1. The number of pyridine rings is 1. The molecule has 88 valence electrons. The maximum atomic E-state index is 10.9. The number of nitrogens with one attached hydrogen (secondary N) is 1. The lowest BCUT2D eigenvalue weighted by atomic mass is 10.2. The van der Waals surface area contributed by atoms with Gasteiger partial charge in [-0.1, -0.05) is 0 Å². The van der Waals surface area contributed by atoms with E-state index in [1.165, 1.54) is 6.20 Å². The quantitative estimate of drug-likeness (QED) is 0.701. The van der Waals surface area contributed by atoms with Gasteiger partial charge in [-0.2, -0.15) is 0 Å². The number of aromatic carboxylic acids is 1. The van der Waals surface area contributed by atoms with Crippen molar-refractivity contribution < 1.29 is 15.0 Å². The minimum atomic E-state index is -1.01. The fourth-order valence-electron chi connectivity index (χ4n) is 1.29. The summed E-state index contributed by atoms with van der Waals surface area (Å²) in [5.41, 5.74) is 1.45. The maximum Gasteiger partial charge on any atom is 0.339 e. The Labute approximate surface area is 94.1 Å². The predicted octanol–water partition coefficient (Wildman–Crippen LogP) is 1.27. The first-order valence-corrected chi connectivity index (χ1v) is 5.12. The number of carbonyl (C=O) groups is 1. The first kappa shape index (κ1) is 12.4. The van der Waals surface area contributed by atoms with E-state index in [2.05, 4.69) is 10.3 Å². The summed E-state index contributed by atoms with van der Waals surface area (Å²) in [7, 11) is 0. The lowest BCUT2D eigenvalue weighted by molar-refractivity contribution is 0.0697. The molecule has 0 amide bonds. The number of nitrogens with zero attached hydrogens (tertiary/aromatic N) is 1. The molecule has 0 bridgehead atoms. The fourth-order valence-corrected chi connectivity index (χ4v) is 1.29. The smallest absolute Gasteiger partial charge is 0.339 e. The van der Waals surface area contributed by atoms with Gasteiger partial charge in [-0.25, -0.2) is 4.79 Å². The van der Waals surface area contributed by atoms with Crippen LogP contribution in [0.2, 0.25) is 0 Å². The van der Waals surface area contributed by atoms with Gasteiger partial charge in [0, 0.05) is 18.4 Å². The molecule has 5 heteroatoms. The number of aliphatic hydroxyl groups excluding tert-OH is 1. The largest absolute Gasteiger partial charge is 0.478 e. The summed E-state index contributed by atoms with van der Waals surface area (Å²) in [5.74, 6) is -1.01. The van der Waals surface area contributed by atoms with Crippen LogP contribution >= 0.6 is 0 Å². The van der Waals surface area contributed by atoms with Crippen LogP contribution in [0.3, 0.4) is 0 Å². The maximum absolute atomic E-state index is 10.9. The monoisotopic (exact) mass is 224 g/mol. The van der Waals surface area contributed by atoms with Gasteiger partial charge in [0.2, 0.25) is 0 Å². The van der Waals surface area contributed by atoms with E-state index in [1.807, 2.05) is 0 Å². The highest BCUT2D eigenvalue weighted by atomic mass is 16.4.